The molecule has 0 saturated carbocycles. The molecule has 2 rings (SSSR count). The molecule has 0 amide bonds. The van der Waals surface area contributed by atoms with Gasteiger partial charge in [-0.15, -0.1) is 24.0 Å². The Balaban J connectivity index is 0.00000288. The van der Waals surface area contributed by atoms with E-state index < -0.39 is 0 Å². The summed E-state index contributed by atoms with van der Waals surface area (Å²) in [7, 11) is 3.25. The number of likely N-dealkylation sites (tertiary alicyclic amines) is 1. The molecule has 1 aliphatic heterocycles. The molecule has 24 heavy (non-hydrogen) atoms. The highest BCUT2D eigenvalue weighted by Crippen LogP contribution is 2.28. The maximum Gasteiger partial charge on any atom is 0.193 e. The first-order valence-corrected chi connectivity index (χ1v) is 8.24. The maximum absolute atomic E-state index is 5.96. The van der Waals surface area contributed by atoms with E-state index in [1.807, 2.05) is 18.2 Å². The van der Waals surface area contributed by atoms with Crippen molar-refractivity contribution in [3.05, 3.63) is 18.2 Å². The van der Waals surface area contributed by atoms with Gasteiger partial charge in [-0.2, -0.15) is 0 Å². The number of hydrogen-bond acceptors (Lipinski definition) is 4. The lowest BCUT2D eigenvalue weighted by atomic mass is 10.2. The Morgan fingerprint density at radius 1 is 1.21 bits per heavy atom. The molecule has 1 aromatic rings. The largest absolute Gasteiger partial charge is 0.497 e. The number of rotatable bonds is 8. The summed E-state index contributed by atoms with van der Waals surface area (Å²) in [5.74, 6) is 1.85. The summed E-state index contributed by atoms with van der Waals surface area (Å²) in [6.45, 7) is 4.41. The van der Waals surface area contributed by atoms with E-state index in [9.17, 15) is 0 Å². The van der Waals surface area contributed by atoms with Gasteiger partial charge in [0.1, 0.15) is 11.5 Å². The fourth-order valence-corrected chi connectivity index (χ4v) is 2.74. The molecule has 0 aliphatic carbocycles. The summed E-state index contributed by atoms with van der Waals surface area (Å²) in [6, 6.07) is 5.52. The van der Waals surface area contributed by atoms with Gasteiger partial charge in [-0.25, -0.2) is 0 Å². The highest BCUT2D eigenvalue weighted by atomic mass is 127. The molecule has 1 heterocycles. The number of methoxy groups -OCH3 is 2. The number of ether oxygens (including phenoxy) is 2. The van der Waals surface area contributed by atoms with E-state index in [-0.39, 0.29) is 24.0 Å². The number of guanidine groups is 1. The number of nitrogens with two attached hydrogens (primary N) is 1. The molecule has 0 aromatic heterocycles. The summed E-state index contributed by atoms with van der Waals surface area (Å²) >= 11 is 0. The monoisotopic (exact) mass is 448 g/mol. The highest BCUT2D eigenvalue weighted by Gasteiger charge is 2.10. The molecular weight excluding hydrogens is 419 g/mol. The van der Waals surface area contributed by atoms with Gasteiger partial charge >= 0.3 is 0 Å². The standard InChI is InChI=1S/C17H28N4O2.HI/c1-22-14-7-8-16(23-2)15(13-14)20-17(18)19-9-3-4-10-21-11-5-6-12-21;/h7-8,13H,3-6,9-12H2,1-2H3,(H3,18,19,20);1H. The van der Waals surface area contributed by atoms with E-state index in [0.29, 0.717) is 11.7 Å². The number of aliphatic imine (C=N–C) groups is 1. The van der Waals surface area contributed by atoms with E-state index >= 15 is 0 Å². The Kier molecular flexibility index (Phi) is 9.85. The molecule has 1 saturated heterocycles. The first-order valence-electron chi connectivity index (χ1n) is 8.24. The van der Waals surface area contributed by atoms with Gasteiger partial charge in [0.05, 0.1) is 19.9 Å². The zero-order chi connectivity index (χ0) is 16.5. The summed E-state index contributed by atoms with van der Waals surface area (Å²) in [5, 5.41) is 3.08. The first-order chi connectivity index (χ1) is 11.2. The summed E-state index contributed by atoms with van der Waals surface area (Å²) < 4.78 is 10.5. The zero-order valence-corrected chi connectivity index (χ0v) is 16.9. The molecular formula is C17H29IN4O2. The lowest BCUT2D eigenvalue weighted by molar-refractivity contribution is 0.331. The average Bonchev–Trinajstić information content (AvgIpc) is 3.07. The predicted molar refractivity (Wildman–Crippen MR) is 110 cm³/mol. The molecule has 7 heteroatoms. The van der Waals surface area contributed by atoms with Crippen molar-refractivity contribution in [1.29, 1.82) is 0 Å². The van der Waals surface area contributed by atoms with E-state index in [4.69, 9.17) is 15.2 Å². The fraction of sp³-hybridized carbons (Fsp3) is 0.588. The number of nitrogens with zero attached hydrogens (tertiary/aromatic N) is 2. The molecule has 1 aromatic carbocycles. The van der Waals surface area contributed by atoms with E-state index in [1.54, 1.807) is 14.2 Å². The van der Waals surface area contributed by atoms with E-state index in [2.05, 4.69) is 15.2 Å². The molecule has 0 atom stereocenters. The molecule has 136 valence electrons. The summed E-state index contributed by atoms with van der Waals surface area (Å²) in [5.41, 5.74) is 6.71. The van der Waals surface area contributed by atoms with Crippen LogP contribution in [0.3, 0.4) is 0 Å². The van der Waals surface area contributed by atoms with E-state index in [1.165, 1.54) is 38.9 Å². The number of anilines is 1. The van der Waals surface area contributed by atoms with Crippen molar-refractivity contribution < 1.29 is 9.47 Å². The Bertz CT molecular complexity index is 519. The van der Waals surface area contributed by atoms with Crippen LogP contribution in [0.2, 0.25) is 0 Å². The molecule has 3 N–H and O–H groups in total. The fourth-order valence-electron chi connectivity index (χ4n) is 2.74. The van der Waals surface area contributed by atoms with Crippen molar-refractivity contribution in [1.82, 2.24) is 4.90 Å². The van der Waals surface area contributed by atoms with Crippen molar-refractivity contribution >= 4 is 35.6 Å². The van der Waals surface area contributed by atoms with Crippen LogP contribution >= 0.6 is 24.0 Å². The van der Waals surface area contributed by atoms with Crippen molar-refractivity contribution in [2.24, 2.45) is 10.7 Å². The minimum absolute atomic E-state index is 0. The molecule has 1 aliphatic rings. The number of hydrogen-bond donors (Lipinski definition) is 2. The number of halogens is 1. The normalized spacial score (nSPS) is 15.0. The van der Waals surface area contributed by atoms with Gasteiger partial charge in [-0.1, -0.05) is 0 Å². The smallest absolute Gasteiger partial charge is 0.193 e. The van der Waals surface area contributed by atoms with Gasteiger partial charge in [0, 0.05) is 12.6 Å². The Hall–Kier alpha value is -1.22. The van der Waals surface area contributed by atoms with Gasteiger partial charge in [0.25, 0.3) is 0 Å². The van der Waals surface area contributed by atoms with Crippen molar-refractivity contribution in [2.45, 2.75) is 25.7 Å². The molecule has 1 fully saturated rings. The van der Waals surface area contributed by atoms with E-state index in [0.717, 1.165) is 24.4 Å². The van der Waals surface area contributed by atoms with Crippen molar-refractivity contribution in [3.63, 3.8) is 0 Å². The Morgan fingerprint density at radius 2 is 1.96 bits per heavy atom. The van der Waals surface area contributed by atoms with Gasteiger partial charge in [0.15, 0.2) is 5.96 Å². The third-order valence-electron chi connectivity index (χ3n) is 4.03. The molecule has 0 spiro atoms. The highest BCUT2D eigenvalue weighted by molar-refractivity contribution is 14.0. The van der Waals surface area contributed by atoms with Crippen LogP contribution in [-0.4, -0.2) is 51.3 Å². The number of nitrogens with one attached hydrogen (secondary N) is 1. The number of unbranched alkanes of at least 4 members (excludes halogenated alkanes) is 1. The quantitative estimate of drug-likeness (QED) is 0.277. The maximum atomic E-state index is 5.96. The molecule has 0 bridgehead atoms. The minimum Gasteiger partial charge on any atom is -0.497 e. The second kappa shape index (κ2) is 11.4. The van der Waals surface area contributed by atoms with Gasteiger partial charge < -0.3 is 25.4 Å². The van der Waals surface area contributed by atoms with Gasteiger partial charge in [0.2, 0.25) is 0 Å². The molecule has 0 radical (unpaired) electrons. The number of benzene rings is 1. The van der Waals surface area contributed by atoms with Crippen molar-refractivity contribution in [3.8, 4) is 11.5 Å². The zero-order valence-electron chi connectivity index (χ0n) is 14.6. The SMILES string of the molecule is COc1ccc(OC)c(NC(N)=NCCCCN2CCCC2)c1.I. The van der Waals surface area contributed by atoms with Crippen LogP contribution in [0.1, 0.15) is 25.7 Å². The average molecular weight is 448 g/mol. The minimum atomic E-state index is 0. The lowest BCUT2D eigenvalue weighted by Crippen LogP contribution is -2.23. The molecule has 6 nitrogen and oxygen atoms in total. The summed E-state index contributed by atoms with van der Waals surface area (Å²) in [6.07, 6.45) is 4.90. The predicted octanol–water partition coefficient (Wildman–Crippen LogP) is 2.92. The second-order valence-electron chi connectivity index (χ2n) is 5.71. The van der Waals surface area contributed by atoms with Crippen LogP contribution < -0.4 is 20.5 Å². The lowest BCUT2D eigenvalue weighted by Gasteiger charge is -2.13. The van der Waals surface area contributed by atoms with Crippen LogP contribution in [0.5, 0.6) is 11.5 Å². The van der Waals surface area contributed by atoms with Crippen LogP contribution in [0.25, 0.3) is 0 Å². The Morgan fingerprint density at radius 3 is 2.62 bits per heavy atom. The van der Waals surface area contributed by atoms with Gasteiger partial charge in [-0.05, 0) is 57.5 Å². The third-order valence-corrected chi connectivity index (χ3v) is 4.03. The first kappa shape index (κ1) is 20.8. The van der Waals surface area contributed by atoms with Crippen LogP contribution in [0, 0.1) is 0 Å². The van der Waals surface area contributed by atoms with Crippen LogP contribution in [0.15, 0.2) is 23.2 Å². The topological polar surface area (TPSA) is 72.1 Å². The molecule has 0 unspecified atom stereocenters. The van der Waals surface area contributed by atoms with Gasteiger partial charge in [-0.3, -0.25) is 4.99 Å². The van der Waals surface area contributed by atoms with Crippen LogP contribution in [0.4, 0.5) is 5.69 Å². The van der Waals surface area contributed by atoms with Crippen LogP contribution in [-0.2, 0) is 0 Å². The Labute approximate surface area is 161 Å². The second-order valence-corrected chi connectivity index (χ2v) is 5.71. The summed E-state index contributed by atoms with van der Waals surface area (Å²) in [4.78, 5) is 6.90. The van der Waals surface area contributed by atoms with Crippen molar-refractivity contribution in [2.75, 3.05) is 45.7 Å². The third kappa shape index (κ3) is 6.72.